The number of methoxy groups -OCH3 is 1. The summed E-state index contributed by atoms with van der Waals surface area (Å²) in [6.07, 6.45) is 0. The van der Waals surface area contributed by atoms with E-state index in [0.29, 0.717) is 27.2 Å². The molecule has 0 radical (unpaired) electrons. The number of carbonyl (C=O) groups excluding carboxylic acids is 2. The molecule has 0 aromatic heterocycles. The molecule has 2 aromatic rings. The molecule has 126 valence electrons. The van der Waals surface area contributed by atoms with Crippen LogP contribution in [0.4, 0.5) is 16.2 Å². The van der Waals surface area contributed by atoms with Crippen LogP contribution in [0, 0.1) is 0 Å². The van der Waals surface area contributed by atoms with Gasteiger partial charge in [0, 0.05) is 11.4 Å². The maximum atomic E-state index is 11.8. The second-order valence-corrected chi connectivity index (χ2v) is 5.53. The number of amides is 3. The van der Waals surface area contributed by atoms with Gasteiger partial charge in [0.2, 0.25) is 5.91 Å². The molecule has 0 bridgehead atoms. The average Bonchev–Trinajstić information content (AvgIpc) is 2.57. The normalized spacial score (nSPS) is 9.96. The minimum atomic E-state index is -0.529. The van der Waals surface area contributed by atoms with Crippen LogP contribution in [0.25, 0.3) is 0 Å². The van der Waals surface area contributed by atoms with E-state index in [0.717, 1.165) is 0 Å². The zero-order valence-corrected chi connectivity index (χ0v) is 14.2. The second kappa shape index (κ2) is 8.42. The molecule has 6 nitrogen and oxygen atoms in total. The first-order valence-electron chi connectivity index (χ1n) is 6.92. The average molecular weight is 368 g/mol. The summed E-state index contributed by atoms with van der Waals surface area (Å²) in [7, 11) is 1.56. The van der Waals surface area contributed by atoms with Crippen molar-refractivity contribution < 1.29 is 14.3 Å². The van der Waals surface area contributed by atoms with Crippen molar-refractivity contribution in [1.82, 2.24) is 5.32 Å². The third-order valence-electron chi connectivity index (χ3n) is 2.96. The zero-order chi connectivity index (χ0) is 17.5. The fourth-order valence-corrected chi connectivity index (χ4v) is 2.09. The van der Waals surface area contributed by atoms with E-state index in [-0.39, 0.29) is 12.5 Å². The molecule has 0 aliphatic heterocycles. The predicted octanol–water partition coefficient (Wildman–Crippen LogP) is 3.76. The summed E-state index contributed by atoms with van der Waals surface area (Å²) < 4.78 is 5.03. The maximum absolute atomic E-state index is 11.8. The summed E-state index contributed by atoms with van der Waals surface area (Å²) in [5.74, 6) is 0.330. The Bertz CT molecular complexity index is 736. The highest BCUT2D eigenvalue weighted by Crippen LogP contribution is 2.24. The molecule has 0 atom stereocenters. The first-order valence-corrected chi connectivity index (χ1v) is 7.67. The Morgan fingerprint density at radius 1 is 0.958 bits per heavy atom. The van der Waals surface area contributed by atoms with Crippen molar-refractivity contribution in [3.05, 3.63) is 52.5 Å². The summed E-state index contributed by atoms with van der Waals surface area (Å²) in [6.45, 7) is -0.181. The molecule has 0 spiro atoms. The number of hydrogen-bond acceptors (Lipinski definition) is 3. The van der Waals surface area contributed by atoms with Gasteiger partial charge in [0.1, 0.15) is 5.75 Å². The van der Waals surface area contributed by atoms with Crippen molar-refractivity contribution in [3.8, 4) is 5.75 Å². The smallest absolute Gasteiger partial charge is 0.319 e. The third kappa shape index (κ3) is 5.33. The molecular weight excluding hydrogens is 353 g/mol. The molecule has 0 fully saturated rings. The van der Waals surface area contributed by atoms with Crippen molar-refractivity contribution in [2.45, 2.75) is 0 Å². The number of ether oxygens (including phenoxy) is 1. The first kappa shape index (κ1) is 17.9. The topological polar surface area (TPSA) is 79.5 Å². The van der Waals surface area contributed by atoms with Gasteiger partial charge < -0.3 is 20.7 Å². The maximum Gasteiger partial charge on any atom is 0.319 e. The number of urea groups is 1. The number of anilines is 2. The van der Waals surface area contributed by atoms with E-state index in [1.165, 1.54) is 6.07 Å². The van der Waals surface area contributed by atoms with Crippen LogP contribution in [0.15, 0.2) is 42.5 Å². The van der Waals surface area contributed by atoms with Gasteiger partial charge in [-0.3, -0.25) is 4.79 Å². The van der Waals surface area contributed by atoms with Gasteiger partial charge in [0.15, 0.2) is 0 Å². The minimum Gasteiger partial charge on any atom is -0.497 e. The van der Waals surface area contributed by atoms with Crippen LogP contribution in [-0.4, -0.2) is 25.6 Å². The van der Waals surface area contributed by atoms with Crippen LogP contribution in [0.2, 0.25) is 10.0 Å². The van der Waals surface area contributed by atoms with Crippen LogP contribution < -0.4 is 20.7 Å². The lowest BCUT2D eigenvalue weighted by Crippen LogP contribution is -2.35. The summed E-state index contributed by atoms with van der Waals surface area (Å²) in [4.78, 5) is 23.6. The van der Waals surface area contributed by atoms with E-state index >= 15 is 0 Å². The van der Waals surface area contributed by atoms with E-state index in [1.807, 2.05) is 0 Å². The molecule has 8 heteroatoms. The monoisotopic (exact) mass is 367 g/mol. The molecule has 0 heterocycles. The summed E-state index contributed by atoms with van der Waals surface area (Å²) >= 11 is 11.7. The Labute approximate surface area is 149 Å². The molecule has 2 rings (SSSR count). The van der Waals surface area contributed by atoms with Crippen molar-refractivity contribution in [2.24, 2.45) is 0 Å². The van der Waals surface area contributed by atoms with E-state index in [1.54, 1.807) is 43.5 Å². The SMILES string of the molecule is COc1ccc(NC(=O)CNC(=O)Nc2ccc(Cl)c(Cl)c2)cc1. The van der Waals surface area contributed by atoms with Gasteiger partial charge in [-0.2, -0.15) is 0 Å². The Morgan fingerprint density at radius 2 is 1.62 bits per heavy atom. The van der Waals surface area contributed by atoms with E-state index in [4.69, 9.17) is 27.9 Å². The van der Waals surface area contributed by atoms with Gasteiger partial charge in [0.25, 0.3) is 0 Å². The van der Waals surface area contributed by atoms with Crippen molar-refractivity contribution in [2.75, 3.05) is 24.3 Å². The molecule has 3 amide bonds. The lowest BCUT2D eigenvalue weighted by atomic mass is 10.3. The minimum absolute atomic E-state index is 0.181. The standard InChI is InChI=1S/C16H15Cl2N3O3/c1-24-12-5-2-10(3-6-12)20-15(22)9-19-16(23)21-11-4-7-13(17)14(18)8-11/h2-8H,9H2,1H3,(H,20,22)(H2,19,21,23). The van der Waals surface area contributed by atoms with E-state index in [2.05, 4.69) is 16.0 Å². The van der Waals surface area contributed by atoms with Gasteiger partial charge in [-0.15, -0.1) is 0 Å². The number of halogens is 2. The second-order valence-electron chi connectivity index (χ2n) is 4.71. The number of benzene rings is 2. The van der Waals surface area contributed by atoms with Gasteiger partial charge in [0.05, 0.1) is 23.7 Å². The summed E-state index contributed by atoms with van der Waals surface area (Å²) in [5, 5.41) is 8.37. The van der Waals surface area contributed by atoms with Gasteiger partial charge in [-0.25, -0.2) is 4.79 Å². The Hall–Kier alpha value is -2.44. The Morgan fingerprint density at radius 3 is 2.25 bits per heavy atom. The lowest BCUT2D eigenvalue weighted by Gasteiger charge is -2.09. The molecule has 24 heavy (non-hydrogen) atoms. The van der Waals surface area contributed by atoms with Gasteiger partial charge in [-0.1, -0.05) is 23.2 Å². The summed E-state index contributed by atoms with van der Waals surface area (Å²) in [6, 6.07) is 11.0. The first-order chi connectivity index (χ1) is 11.5. The molecule has 0 aliphatic carbocycles. The number of nitrogens with one attached hydrogen (secondary N) is 3. The van der Waals surface area contributed by atoms with Crippen LogP contribution >= 0.6 is 23.2 Å². The number of hydrogen-bond donors (Lipinski definition) is 3. The van der Waals surface area contributed by atoms with Crippen molar-refractivity contribution in [3.63, 3.8) is 0 Å². The van der Waals surface area contributed by atoms with E-state index < -0.39 is 6.03 Å². The lowest BCUT2D eigenvalue weighted by molar-refractivity contribution is -0.115. The van der Waals surface area contributed by atoms with Gasteiger partial charge in [-0.05, 0) is 42.5 Å². The largest absolute Gasteiger partial charge is 0.497 e. The van der Waals surface area contributed by atoms with Gasteiger partial charge >= 0.3 is 6.03 Å². The Kier molecular flexibility index (Phi) is 6.28. The fourth-order valence-electron chi connectivity index (χ4n) is 1.79. The molecule has 0 unspecified atom stereocenters. The van der Waals surface area contributed by atoms with Crippen LogP contribution in [-0.2, 0) is 4.79 Å². The molecule has 0 aliphatic rings. The number of rotatable bonds is 5. The van der Waals surface area contributed by atoms with Crippen molar-refractivity contribution >= 4 is 46.5 Å². The Balaban J connectivity index is 1.79. The fraction of sp³-hybridized carbons (Fsp3) is 0.125. The van der Waals surface area contributed by atoms with Crippen LogP contribution in [0.3, 0.4) is 0 Å². The molecule has 3 N–H and O–H groups in total. The van der Waals surface area contributed by atoms with Crippen molar-refractivity contribution in [1.29, 1.82) is 0 Å². The third-order valence-corrected chi connectivity index (χ3v) is 3.70. The molecule has 2 aromatic carbocycles. The van der Waals surface area contributed by atoms with Crippen LogP contribution in [0.1, 0.15) is 0 Å². The van der Waals surface area contributed by atoms with Crippen LogP contribution in [0.5, 0.6) is 5.75 Å². The molecular formula is C16H15Cl2N3O3. The zero-order valence-electron chi connectivity index (χ0n) is 12.7. The molecule has 0 saturated carbocycles. The summed E-state index contributed by atoms with van der Waals surface area (Å²) in [5.41, 5.74) is 1.07. The highest BCUT2D eigenvalue weighted by atomic mass is 35.5. The quantitative estimate of drug-likeness (QED) is 0.752. The number of carbonyl (C=O) groups is 2. The predicted molar refractivity (Wildman–Crippen MR) is 95.1 cm³/mol. The van der Waals surface area contributed by atoms with E-state index in [9.17, 15) is 9.59 Å². The highest BCUT2D eigenvalue weighted by molar-refractivity contribution is 6.42. The highest BCUT2D eigenvalue weighted by Gasteiger charge is 2.07. The molecule has 0 saturated heterocycles.